The van der Waals surface area contributed by atoms with Crippen LogP contribution in [0.4, 0.5) is 0 Å². The summed E-state index contributed by atoms with van der Waals surface area (Å²) in [5.41, 5.74) is 16.1. The summed E-state index contributed by atoms with van der Waals surface area (Å²) in [7, 11) is 2.71. The molecule has 0 amide bonds. The summed E-state index contributed by atoms with van der Waals surface area (Å²) in [6, 6.07) is 0. The van der Waals surface area contributed by atoms with Crippen molar-refractivity contribution in [1.82, 2.24) is 0 Å². The Bertz CT molecular complexity index is 3700. The smallest absolute Gasteiger partial charge is 0.331 e. The molecule has 0 unspecified atom stereocenters. The summed E-state index contributed by atoms with van der Waals surface area (Å²) in [6.45, 7) is 37.4. The van der Waals surface area contributed by atoms with E-state index in [2.05, 4.69) is 170 Å². The predicted octanol–water partition coefficient (Wildman–Crippen LogP) is 23.0. The molecule has 3 atom stereocenters. The summed E-state index contributed by atoms with van der Waals surface area (Å²) in [6.07, 6.45) is 86.1. The molecule has 2 rings (SSSR count). The van der Waals surface area contributed by atoms with Crippen LogP contribution in [-0.4, -0.2) is 50.3 Å². The monoisotopic (exact) mass is 1320 g/mol. The Kier molecular flexibility index (Phi) is 40.1. The lowest BCUT2D eigenvalue weighted by Crippen LogP contribution is -2.34. The van der Waals surface area contributed by atoms with Crippen LogP contribution in [0.15, 0.2) is 345 Å². The van der Waals surface area contributed by atoms with Gasteiger partial charge in [0.2, 0.25) is 0 Å². The lowest BCUT2D eigenvalue weighted by Gasteiger charge is -2.39. The Morgan fingerprint density at radius 1 is 0.357 bits per heavy atom. The normalized spacial score (nSPS) is 20.3. The fourth-order valence-corrected chi connectivity index (χ4v) is 10.2. The van der Waals surface area contributed by atoms with E-state index in [1.54, 1.807) is 24.3 Å². The molecule has 0 heterocycles. The molecular formula is C90H112O8. The summed E-state index contributed by atoms with van der Waals surface area (Å²) in [4.78, 5) is 48.4. The predicted molar refractivity (Wildman–Crippen MR) is 417 cm³/mol. The second kappa shape index (κ2) is 46.5. The Balaban J connectivity index is 1.89. The number of ether oxygens (including phenoxy) is 4. The number of esters is 4. The zero-order chi connectivity index (χ0) is 73.1. The number of carbonyl (C=O) groups excluding carboxylic acids is 4. The first-order chi connectivity index (χ1) is 46.4. The van der Waals surface area contributed by atoms with Gasteiger partial charge in [-0.1, -0.05) is 337 Å². The number of carbonyl (C=O) groups is 4. The third kappa shape index (κ3) is 38.8. The molecule has 0 spiro atoms. The van der Waals surface area contributed by atoms with Gasteiger partial charge in [0.1, 0.15) is 12.2 Å². The average Bonchev–Trinajstić information content (AvgIpc) is 0.809. The molecule has 2 aliphatic rings. The van der Waals surface area contributed by atoms with Crippen molar-refractivity contribution in [2.45, 2.75) is 156 Å². The average molecular weight is 1320 g/mol. The van der Waals surface area contributed by atoms with E-state index in [9.17, 15) is 19.2 Å². The molecule has 8 nitrogen and oxygen atoms in total. The third-order valence-electron chi connectivity index (χ3n) is 15.7. The molecule has 0 N–H and O–H groups in total. The highest BCUT2D eigenvalue weighted by atomic mass is 16.5. The van der Waals surface area contributed by atoms with Gasteiger partial charge in [-0.05, 0) is 132 Å². The fraction of sp³-hybridized carbons (Fsp3) is 0.311. The van der Waals surface area contributed by atoms with Crippen LogP contribution < -0.4 is 0 Å². The molecule has 0 fully saturated rings. The van der Waals surface area contributed by atoms with Crippen LogP contribution >= 0.6 is 0 Å². The maximum atomic E-state index is 13.0. The Hall–Kier alpha value is -9.66. The first-order valence-electron chi connectivity index (χ1n) is 33.6. The quantitative estimate of drug-likeness (QED) is 0.0216. The van der Waals surface area contributed by atoms with Gasteiger partial charge in [-0.3, -0.25) is 0 Å². The van der Waals surface area contributed by atoms with Gasteiger partial charge in [0.05, 0.1) is 14.2 Å². The second-order valence-corrected chi connectivity index (χ2v) is 26.4. The van der Waals surface area contributed by atoms with Crippen LogP contribution in [0.1, 0.15) is 144 Å². The molecule has 0 saturated heterocycles. The van der Waals surface area contributed by atoms with Crippen molar-refractivity contribution in [2.75, 3.05) is 14.2 Å². The van der Waals surface area contributed by atoms with Crippen molar-refractivity contribution in [3.8, 4) is 0 Å². The summed E-state index contributed by atoms with van der Waals surface area (Å²) >= 11 is 0. The van der Waals surface area contributed by atoms with Crippen LogP contribution in [0.2, 0.25) is 0 Å². The largest absolute Gasteiger partial charge is 0.466 e. The number of hydrogen-bond acceptors (Lipinski definition) is 8. The van der Waals surface area contributed by atoms with Crippen LogP contribution in [0.25, 0.3) is 0 Å². The molecule has 98 heavy (non-hydrogen) atoms. The molecule has 8 heteroatoms. The molecule has 0 aromatic heterocycles. The van der Waals surface area contributed by atoms with Gasteiger partial charge in [-0.25, -0.2) is 19.2 Å². The SMILES string of the molecule is COC(=O)/C=C/C(C)=C/C=C/C(C)=C/C=C/C=C(C)/C=C/C=C(C)/C=C/C(=O)O[C@@H]1CC(C)=C(/C=C/C(C)=C/C=C/C(C)=C/C=C/C=C(C)/C=C/C=C(C)/C=C/[C@H]2C(C)=C[C@H](OC(=O)/C=C/C(C)=C/C=C/C(C)=C/C=C/C=C(C)/C=C/C=C(C)/C=C/C(=O)OC)CC2(C)C)C(C)(C)C1. The highest BCUT2D eigenvalue weighted by Gasteiger charge is 2.37. The number of allylic oxidation sites excluding steroid dienone is 52. The minimum Gasteiger partial charge on any atom is -0.466 e. The van der Waals surface area contributed by atoms with Crippen molar-refractivity contribution in [3.05, 3.63) is 345 Å². The van der Waals surface area contributed by atoms with Gasteiger partial charge < -0.3 is 18.9 Å². The van der Waals surface area contributed by atoms with E-state index in [-0.39, 0.29) is 52.8 Å². The van der Waals surface area contributed by atoms with Gasteiger partial charge >= 0.3 is 23.9 Å². The maximum absolute atomic E-state index is 13.0. The molecular weight excluding hydrogens is 1210 g/mol. The number of rotatable bonds is 32. The minimum absolute atomic E-state index is 0.111. The van der Waals surface area contributed by atoms with E-state index < -0.39 is 0 Å². The Morgan fingerprint density at radius 3 is 0.959 bits per heavy atom. The first-order valence-corrected chi connectivity index (χ1v) is 33.6. The summed E-state index contributed by atoms with van der Waals surface area (Å²) < 4.78 is 21.1. The van der Waals surface area contributed by atoms with Crippen molar-refractivity contribution < 1.29 is 38.1 Å². The topological polar surface area (TPSA) is 105 Å². The van der Waals surface area contributed by atoms with Crippen LogP contribution in [0, 0.1) is 16.7 Å². The Morgan fingerprint density at radius 2 is 0.643 bits per heavy atom. The Labute approximate surface area is 590 Å². The first kappa shape index (κ1) is 84.4. The summed E-state index contributed by atoms with van der Waals surface area (Å²) in [5, 5.41) is 0. The molecule has 0 aliphatic heterocycles. The van der Waals surface area contributed by atoms with Gasteiger partial charge in [0.25, 0.3) is 0 Å². The van der Waals surface area contributed by atoms with Crippen molar-refractivity contribution in [2.24, 2.45) is 16.7 Å². The van der Waals surface area contributed by atoms with Crippen LogP contribution in [-0.2, 0) is 38.1 Å². The van der Waals surface area contributed by atoms with E-state index in [0.717, 1.165) is 79.7 Å². The van der Waals surface area contributed by atoms with Crippen molar-refractivity contribution >= 4 is 23.9 Å². The molecule has 0 saturated carbocycles. The molecule has 0 radical (unpaired) electrons. The van der Waals surface area contributed by atoms with Crippen molar-refractivity contribution in [3.63, 3.8) is 0 Å². The van der Waals surface area contributed by atoms with E-state index in [0.29, 0.717) is 6.42 Å². The van der Waals surface area contributed by atoms with Gasteiger partial charge in [-0.2, -0.15) is 0 Å². The standard InChI is InChI=1S/C90H112O8/c1-67(39-27-45-73(7)51-57-83-79(13)63-81(65-89(83,15)16)97-87(93)61-55-77(11)49-31-43-71(5)37-25-23-35-69(3)41-29-47-75(9)53-59-85(91)95-19)33-21-22-34-68(2)40-28-46-74(8)52-58-84-80(14)64-82(66-90(84,17)18)98-88(94)62-56-78(12)50-32-44-72(6)38-26-24-36-70(4)42-30-48-76(10)54-60-86(92)96-20/h21-63,81-83H,64-66H2,1-20H3/b22-21+,25-23+,26-24+,39-27+,40-28+,41-29+,42-30+,43-31+,44-32+,57-51+,58-52+,59-53+,60-54+,61-55+,62-56+,67-33+,68-34+,69-35+,70-36+,71-37+,72-38+,73-45+,74-46+,75-47+,76-48+,77-49+,78-50+/t81-,82+,83-/m0/s1. The lowest BCUT2D eigenvalue weighted by atomic mass is 9.67. The van der Waals surface area contributed by atoms with Crippen LogP contribution in [0.3, 0.4) is 0 Å². The number of methoxy groups -OCH3 is 2. The zero-order valence-electron chi connectivity index (χ0n) is 62.4. The van der Waals surface area contributed by atoms with E-state index in [4.69, 9.17) is 9.47 Å². The van der Waals surface area contributed by atoms with E-state index >= 15 is 0 Å². The second-order valence-electron chi connectivity index (χ2n) is 26.4. The van der Waals surface area contributed by atoms with E-state index in [1.165, 1.54) is 55.2 Å². The van der Waals surface area contributed by atoms with E-state index in [1.807, 2.05) is 177 Å². The maximum Gasteiger partial charge on any atom is 0.331 e. The molecule has 0 aromatic rings. The van der Waals surface area contributed by atoms with Gasteiger partial charge in [0.15, 0.2) is 0 Å². The molecule has 2 aliphatic carbocycles. The van der Waals surface area contributed by atoms with Crippen molar-refractivity contribution in [1.29, 1.82) is 0 Å². The third-order valence-corrected chi connectivity index (χ3v) is 15.7. The van der Waals surface area contributed by atoms with Gasteiger partial charge in [-0.15, -0.1) is 0 Å². The molecule has 520 valence electrons. The highest BCUT2D eigenvalue weighted by molar-refractivity contribution is 5.84. The minimum atomic E-state index is -0.379. The van der Waals surface area contributed by atoms with Crippen LogP contribution in [0.5, 0.6) is 0 Å². The summed E-state index contributed by atoms with van der Waals surface area (Å²) in [5.74, 6) is -1.24. The lowest BCUT2D eigenvalue weighted by molar-refractivity contribution is -0.144. The molecule has 0 bridgehead atoms. The zero-order valence-corrected chi connectivity index (χ0v) is 62.4. The fourth-order valence-electron chi connectivity index (χ4n) is 10.2. The number of hydrogen-bond donors (Lipinski definition) is 0. The van der Waals surface area contributed by atoms with Gasteiger partial charge in [0, 0.05) is 36.6 Å². The molecule has 0 aromatic carbocycles. The highest BCUT2D eigenvalue weighted by Crippen LogP contribution is 2.44.